The van der Waals surface area contributed by atoms with Crippen molar-refractivity contribution in [2.24, 2.45) is 0 Å². The standard InChI is InChI=1S/C12H18IN.C2H6/c1-9-7-10(2)12(11(3)8-9)5-4-6-14-13;1-2/h7-8,14H,4-6H2,1-3H3;1-2H3. The van der Waals surface area contributed by atoms with Gasteiger partial charge in [-0.05, 0) is 50.3 Å². The van der Waals surface area contributed by atoms with Gasteiger partial charge < -0.3 is 0 Å². The Balaban J connectivity index is 0.00000106. The third-order valence-electron chi connectivity index (χ3n) is 2.54. The van der Waals surface area contributed by atoms with Crippen molar-refractivity contribution in [1.29, 1.82) is 0 Å². The van der Waals surface area contributed by atoms with E-state index in [4.69, 9.17) is 0 Å². The van der Waals surface area contributed by atoms with Gasteiger partial charge in [0, 0.05) is 29.4 Å². The topological polar surface area (TPSA) is 12.0 Å². The van der Waals surface area contributed by atoms with Crippen LogP contribution in [0.5, 0.6) is 0 Å². The Bertz CT molecular complexity index is 285. The predicted molar refractivity (Wildman–Crippen MR) is 82.3 cm³/mol. The highest BCUT2D eigenvalue weighted by atomic mass is 127. The second-order valence-corrected chi connectivity index (χ2v) is 4.63. The van der Waals surface area contributed by atoms with Gasteiger partial charge in [0.15, 0.2) is 0 Å². The van der Waals surface area contributed by atoms with Crippen LogP contribution in [0.2, 0.25) is 0 Å². The summed E-state index contributed by atoms with van der Waals surface area (Å²) >= 11 is 2.20. The van der Waals surface area contributed by atoms with Crippen molar-refractivity contribution in [2.75, 3.05) is 6.54 Å². The normalized spacial score (nSPS) is 9.62. The fourth-order valence-electron chi connectivity index (χ4n) is 1.94. The van der Waals surface area contributed by atoms with Crippen molar-refractivity contribution < 1.29 is 0 Å². The van der Waals surface area contributed by atoms with E-state index < -0.39 is 0 Å². The molecule has 92 valence electrons. The third kappa shape index (κ3) is 5.30. The van der Waals surface area contributed by atoms with Crippen LogP contribution in [0, 0.1) is 20.8 Å². The second kappa shape index (κ2) is 8.99. The lowest BCUT2D eigenvalue weighted by molar-refractivity contribution is 0.803. The Hall–Kier alpha value is -0.0900. The van der Waals surface area contributed by atoms with Gasteiger partial charge in [-0.3, -0.25) is 3.53 Å². The van der Waals surface area contributed by atoms with E-state index in [-0.39, 0.29) is 0 Å². The minimum Gasteiger partial charge on any atom is -0.261 e. The first-order chi connectivity index (χ1) is 7.65. The Morgan fingerprint density at radius 3 is 2.00 bits per heavy atom. The molecule has 2 heteroatoms. The third-order valence-corrected chi connectivity index (χ3v) is 3.08. The van der Waals surface area contributed by atoms with E-state index in [1.807, 2.05) is 13.8 Å². The lowest BCUT2D eigenvalue weighted by Gasteiger charge is -2.10. The van der Waals surface area contributed by atoms with Crippen LogP contribution < -0.4 is 3.53 Å². The number of hydrogen-bond acceptors (Lipinski definition) is 1. The molecule has 0 aromatic heterocycles. The molecule has 0 aliphatic heterocycles. The average molecular weight is 333 g/mol. The molecule has 1 aromatic carbocycles. The van der Waals surface area contributed by atoms with E-state index in [1.54, 1.807) is 0 Å². The second-order valence-electron chi connectivity index (χ2n) is 3.86. The maximum Gasteiger partial charge on any atom is 0.0169 e. The highest BCUT2D eigenvalue weighted by Crippen LogP contribution is 2.17. The van der Waals surface area contributed by atoms with Gasteiger partial charge in [0.2, 0.25) is 0 Å². The van der Waals surface area contributed by atoms with Crippen LogP contribution in [-0.2, 0) is 6.42 Å². The summed E-state index contributed by atoms with van der Waals surface area (Å²) < 4.78 is 3.16. The van der Waals surface area contributed by atoms with Crippen LogP contribution in [-0.4, -0.2) is 6.54 Å². The minimum atomic E-state index is 1.09. The summed E-state index contributed by atoms with van der Waals surface area (Å²) in [4.78, 5) is 0. The van der Waals surface area contributed by atoms with Gasteiger partial charge in [0.1, 0.15) is 0 Å². The first-order valence-corrected chi connectivity index (χ1v) is 7.13. The maximum absolute atomic E-state index is 3.16. The molecule has 1 nitrogen and oxygen atoms in total. The molecule has 1 aromatic rings. The van der Waals surface area contributed by atoms with Gasteiger partial charge in [0.25, 0.3) is 0 Å². The van der Waals surface area contributed by atoms with Crippen LogP contribution in [0.15, 0.2) is 12.1 Å². The molecule has 0 unspecified atom stereocenters. The van der Waals surface area contributed by atoms with E-state index in [1.165, 1.54) is 35.1 Å². The summed E-state index contributed by atoms with van der Waals surface area (Å²) in [7, 11) is 0. The van der Waals surface area contributed by atoms with Crippen molar-refractivity contribution in [3.63, 3.8) is 0 Å². The molecule has 1 rings (SSSR count). The molecule has 0 spiro atoms. The molecule has 0 amide bonds. The minimum absolute atomic E-state index is 1.09. The van der Waals surface area contributed by atoms with E-state index >= 15 is 0 Å². The van der Waals surface area contributed by atoms with E-state index in [0.717, 1.165) is 6.54 Å². The summed E-state index contributed by atoms with van der Waals surface area (Å²) in [6, 6.07) is 4.56. The molecule has 16 heavy (non-hydrogen) atoms. The molecule has 0 atom stereocenters. The van der Waals surface area contributed by atoms with Gasteiger partial charge in [-0.2, -0.15) is 0 Å². The Morgan fingerprint density at radius 1 is 1.06 bits per heavy atom. The van der Waals surface area contributed by atoms with Crippen molar-refractivity contribution in [3.05, 3.63) is 34.4 Å². The number of halogens is 1. The van der Waals surface area contributed by atoms with Crippen LogP contribution in [0.25, 0.3) is 0 Å². The highest BCUT2D eigenvalue weighted by Gasteiger charge is 2.02. The Labute approximate surface area is 115 Å². The first-order valence-electron chi connectivity index (χ1n) is 6.05. The van der Waals surface area contributed by atoms with E-state index in [0.29, 0.717) is 0 Å². The molecule has 0 saturated carbocycles. The van der Waals surface area contributed by atoms with Crippen LogP contribution in [0.1, 0.15) is 42.5 Å². The number of nitrogens with one attached hydrogen (secondary N) is 1. The lowest BCUT2D eigenvalue weighted by atomic mass is 9.96. The van der Waals surface area contributed by atoms with Crippen molar-refractivity contribution in [3.8, 4) is 0 Å². The SMILES string of the molecule is CC.Cc1cc(C)c(CCCNI)c(C)c1. The lowest BCUT2D eigenvalue weighted by Crippen LogP contribution is -2.03. The monoisotopic (exact) mass is 333 g/mol. The van der Waals surface area contributed by atoms with Gasteiger partial charge in [-0.25, -0.2) is 0 Å². The van der Waals surface area contributed by atoms with Crippen molar-refractivity contribution in [1.82, 2.24) is 3.53 Å². The van der Waals surface area contributed by atoms with Crippen LogP contribution in [0.3, 0.4) is 0 Å². The molecular weight excluding hydrogens is 309 g/mol. The highest BCUT2D eigenvalue weighted by molar-refractivity contribution is 14.1. The van der Waals surface area contributed by atoms with E-state index in [9.17, 15) is 0 Å². The fraction of sp³-hybridized carbons (Fsp3) is 0.571. The quantitative estimate of drug-likeness (QED) is 0.486. The fourth-order valence-corrected chi connectivity index (χ4v) is 2.32. The van der Waals surface area contributed by atoms with E-state index in [2.05, 4.69) is 59.3 Å². The van der Waals surface area contributed by atoms with Gasteiger partial charge in [0.05, 0.1) is 0 Å². The zero-order valence-electron chi connectivity index (χ0n) is 11.2. The Morgan fingerprint density at radius 2 is 1.56 bits per heavy atom. The van der Waals surface area contributed by atoms with Gasteiger partial charge >= 0.3 is 0 Å². The number of rotatable bonds is 4. The molecule has 0 heterocycles. The zero-order valence-corrected chi connectivity index (χ0v) is 13.3. The van der Waals surface area contributed by atoms with Crippen molar-refractivity contribution >= 4 is 22.9 Å². The van der Waals surface area contributed by atoms with Crippen LogP contribution in [0.4, 0.5) is 0 Å². The summed E-state index contributed by atoms with van der Waals surface area (Å²) in [6.45, 7) is 11.7. The summed E-state index contributed by atoms with van der Waals surface area (Å²) in [6.07, 6.45) is 2.40. The molecule has 0 saturated heterocycles. The largest absolute Gasteiger partial charge is 0.261 e. The maximum atomic E-state index is 3.16. The average Bonchev–Trinajstić information content (AvgIpc) is 2.25. The van der Waals surface area contributed by atoms with Crippen LogP contribution >= 0.6 is 22.9 Å². The number of hydrogen-bond donors (Lipinski definition) is 1. The predicted octanol–water partition coefficient (Wildman–Crippen LogP) is 4.51. The molecular formula is C14H24IN. The Kier molecular flexibility index (Phi) is 8.94. The summed E-state index contributed by atoms with van der Waals surface area (Å²) in [5.41, 5.74) is 5.78. The smallest absolute Gasteiger partial charge is 0.0169 e. The molecule has 0 radical (unpaired) electrons. The van der Waals surface area contributed by atoms with Gasteiger partial charge in [-0.1, -0.05) is 31.5 Å². The summed E-state index contributed by atoms with van der Waals surface area (Å²) in [5.74, 6) is 0. The molecule has 1 N–H and O–H groups in total. The molecule has 0 aliphatic rings. The van der Waals surface area contributed by atoms with Crippen molar-refractivity contribution in [2.45, 2.75) is 47.5 Å². The number of benzene rings is 1. The zero-order chi connectivity index (χ0) is 12.6. The molecule has 0 fully saturated rings. The molecule has 0 aliphatic carbocycles. The van der Waals surface area contributed by atoms with Gasteiger partial charge in [-0.15, -0.1) is 0 Å². The summed E-state index contributed by atoms with van der Waals surface area (Å²) in [5, 5.41) is 0. The number of aryl methyl sites for hydroxylation is 3. The molecule has 0 bridgehead atoms. The first kappa shape index (κ1) is 15.9.